The van der Waals surface area contributed by atoms with Gasteiger partial charge >= 0.3 is 5.97 Å². The third-order valence-electron chi connectivity index (χ3n) is 6.63. The van der Waals surface area contributed by atoms with Crippen molar-refractivity contribution in [3.05, 3.63) is 41.8 Å². The molecular weight excluding hydrogens is 382 g/mol. The van der Waals surface area contributed by atoms with Gasteiger partial charge in [0.15, 0.2) is 0 Å². The molecule has 29 heavy (non-hydrogen) atoms. The predicted molar refractivity (Wildman–Crippen MR) is 118 cm³/mol. The van der Waals surface area contributed by atoms with Gasteiger partial charge in [0.1, 0.15) is 12.5 Å². The number of rotatable bonds is 10. The summed E-state index contributed by atoms with van der Waals surface area (Å²) in [5.41, 5.74) is 0. The normalized spacial score (nSPS) is 25.8. The first-order chi connectivity index (χ1) is 14.3. The first kappa shape index (κ1) is 20.4. The van der Waals surface area contributed by atoms with Gasteiger partial charge in [-0.25, -0.2) is 0 Å². The Kier molecular flexibility index (Phi) is 6.88. The fraction of sp³-hybridized carbons (Fsp3) is 0.542. The summed E-state index contributed by atoms with van der Waals surface area (Å²) in [5.74, 6) is 3.20. The second-order valence-corrected chi connectivity index (χ2v) is 9.20. The molecule has 2 saturated carbocycles. The van der Waals surface area contributed by atoms with Crippen molar-refractivity contribution in [2.75, 3.05) is 13.8 Å². The zero-order valence-electron chi connectivity index (χ0n) is 17.1. The Morgan fingerprint density at radius 3 is 3.03 bits per heavy atom. The molecule has 0 saturated heterocycles. The molecule has 2 bridgehead atoms. The highest BCUT2D eigenvalue weighted by Crippen LogP contribution is 2.49. The number of hydrogen-bond acceptors (Lipinski definition) is 5. The van der Waals surface area contributed by atoms with Crippen LogP contribution >= 0.6 is 11.3 Å². The van der Waals surface area contributed by atoms with Crippen molar-refractivity contribution in [3.63, 3.8) is 0 Å². The minimum atomic E-state index is -0.117. The second kappa shape index (κ2) is 9.77. The Hall–Kier alpha value is -1.85. The molecule has 0 aliphatic heterocycles. The summed E-state index contributed by atoms with van der Waals surface area (Å²) < 4.78 is 12.0. The van der Waals surface area contributed by atoms with Gasteiger partial charge in [0.05, 0.1) is 11.8 Å². The van der Waals surface area contributed by atoms with E-state index in [9.17, 15) is 4.79 Å². The van der Waals surface area contributed by atoms with E-state index in [1.54, 1.807) is 11.3 Å². The van der Waals surface area contributed by atoms with E-state index in [2.05, 4.69) is 47.1 Å². The van der Waals surface area contributed by atoms with E-state index < -0.39 is 0 Å². The fourth-order valence-corrected chi connectivity index (χ4v) is 6.07. The second-order valence-electron chi connectivity index (χ2n) is 8.29. The summed E-state index contributed by atoms with van der Waals surface area (Å²) in [6, 6.07) is 8.96. The third kappa shape index (κ3) is 4.84. The zero-order chi connectivity index (χ0) is 20.1. The number of hydrogen-bond donors (Lipinski definition) is 1. The van der Waals surface area contributed by atoms with Gasteiger partial charge in [0.2, 0.25) is 0 Å². The van der Waals surface area contributed by atoms with Crippen molar-refractivity contribution >= 4 is 27.4 Å². The van der Waals surface area contributed by atoms with Crippen molar-refractivity contribution in [2.24, 2.45) is 17.8 Å². The number of methoxy groups -OCH3 is 1. The number of benzene rings is 1. The Morgan fingerprint density at radius 1 is 1.24 bits per heavy atom. The lowest BCUT2D eigenvalue weighted by Gasteiger charge is -2.31. The zero-order valence-corrected chi connectivity index (χ0v) is 18.0. The molecule has 2 fully saturated rings. The molecule has 1 aromatic carbocycles. The average Bonchev–Trinajstić information content (AvgIpc) is 3.47. The van der Waals surface area contributed by atoms with E-state index in [-0.39, 0.29) is 5.97 Å². The largest absolute Gasteiger partial charge is 0.477 e. The van der Waals surface area contributed by atoms with Crippen molar-refractivity contribution in [1.82, 2.24) is 5.32 Å². The van der Waals surface area contributed by atoms with Crippen LogP contribution in [0.4, 0.5) is 0 Å². The molecule has 1 aromatic heterocycles. The molecular formula is C24H31NO3S. The van der Waals surface area contributed by atoms with Crippen molar-refractivity contribution < 1.29 is 14.3 Å². The van der Waals surface area contributed by atoms with Crippen molar-refractivity contribution in [1.29, 1.82) is 0 Å². The SMILES string of the molecule is COC(=O)CCCC=CC[C@H]1[C@@H]2CCC(C2)[C@@H]1NCOc1cccc2ccsc12. The number of allylic oxidation sites excluding steroid dienone is 2. The van der Waals surface area contributed by atoms with Crippen LogP contribution in [-0.2, 0) is 9.53 Å². The molecule has 1 N–H and O–H groups in total. The Labute approximate surface area is 177 Å². The van der Waals surface area contributed by atoms with Crippen LogP contribution in [0.5, 0.6) is 5.75 Å². The van der Waals surface area contributed by atoms with Gasteiger partial charge in [-0.3, -0.25) is 10.1 Å². The number of carbonyl (C=O) groups excluding carboxylic acids is 1. The molecule has 0 radical (unpaired) electrons. The Bertz CT molecular complexity index is 846. The topological polar surface area (TPSA) is 47.6 Å². The van der Waals surface area contributed by atoms with E-state index in [1.165, 1.54) is 36.5 Å². The van der Waals surface area contributed by atoms with Crippen LogP contribution < -0.4 is 10.1 Å². The predicted octanol–water partition coefficient (Wildman–Crippen LogP) is 5.53. The average molecular weight is 414 g/mol. The van der Waals surface area contributed by atoms with Crippen LogP contribution in [0.2, 0.25) is 0 Å². The lowest BCUT2D eigenvalue weighted by atomic mass is 9.82. The molecule has 5 heteroatoms. The Balaban J connectivity index is 1.26. The number of unbranched alkanes of at least 4 members (excludes halogenated alkanes) is 1. The summed E-state index contributed by atoms with van der Waals surface area (Å²) in [6.07, 6.45) is 12.1. The molecule has 4 rings (SSSR count). The maximum absolute atomic E-state index is 11.2. The molecule has 2 aliphatic rings. The smallest absolute Gasteiger partial charge is 0.305 e. The van der Waals surface area contributed by atoms with Crippen LogP contribution in [0.25, 0.3) is 10.1 Å². The lowest BCUT2D eigenvalue weighted by molar-refractivity contribution is -0.140. The lowest BCUT2D eigenvalue weighted by Crippen LogP contribution is -2.42. The standard InChI is InChI=1S/C24H31NO3S/c1-27-22(26)10-5-3-2-4-8-20-18-11-12-19(15-18)23(20)25-16-28-21-9-6-7-17-13-14-29-24(17)21/h2,4,6-7,9,13-14,18-20,23,25H,3,5,8,10-12,15-16H2,1H3/t18-,19?,20+,23+/m1/s1. The molecule has 0 amide bonds. The fourth-order valence-electron chi connectivity index (χ4n) is 5.20. The van der Waals surface area contributed by atoms with Gasteiger partial charge < -0.3 is 9.47 Å². The van der Waals surface area contributed by atoms with E-state index >= 15 is 0 Å². The number of nitrogens with one attached hydrogen (secondary N) is 1. The molecule has 2 aromatic rings. The monoisotopic (exact) mass is 413 g/mol. The van der Waals surface area contributed by atoms with Crippen molar-refractivity contribution in [2.45, 2.75) is 51.0 Å². The van der Waals surface area contributed by atoms with Crippen LogP contribution in [-0.4, -0.2) is 25.9 Å². The van der Waals surface area contributed by atoms with E-state index in [1.807, 2.05) is 0 Å². The highest BCUT2D eigenvalue weighted by molar-refractivity contribution is 7.17. The summed E-state index contributed by atoms with van der Waals surface area (Å²) >= 11 is 1.74. The minimum absolute atomic E-state index is 0.117. The van der Waals surface area contributed by atoms with Crippen LogP contribution in [0.15, 0.2) is 41.8 Å². The number of ether oxygens (including phenoxy) is 2. The molecule has 1 unspecified atom stereocenters. The Morgan fingerprint density at radius 2 is 2.14 bits per heavy atom. The summed E-state index contributed by atoms with van der Waals surface area (Å²) in [6.45, 7) is 0.574. The molecule has 156 valence electrons. The van der Waals surface area contributed by atoms with Gasteiger partial charge in [-0.2, -0.15) is 0 Å². The number of esters is 1. The molecule has 2 aliphatic carbocycles. The molecule has 1 heterocycles. The molecule has 0 spiro atoms. The minimum Gasteiger partial charge on any atom is -0.477 e. The number of thiophene rings is 1. The first-order valence-electron chi connectivity index (χ1n) is 10.8. The maximum atomic E-state index is 11.2. The quantitative estimate of drug-likeness (QED) is 0.241. The van der Waals surface area contributed by atoms with Gasteiger partial charge in [0, 0.05) is 12.5 Å². The van der Waals surface area contributed by atoms with Gasteiger partial charge in [-0.05, 0) is 79.2 Å². The number of fused-ring (bicyclic) bond motifs is 3. The van der Waals surface area contributed by atoms with E-state index in [0.29, 0.717) is 25.1 Å². The van der Waals surface area contributed by atoms with E-state index in [0.717, 1.165) is 36.8 Å². The first-order valence-corrected chi connectivity index (χ1v) is 11.7. The van der Waals surface area contributed by atoms with E-state index in [4.69, 9.17) is 9.47 Å². The highest BCUT2D eigenvalue weighted by Gasteiger charge is 2.46. The third-order valence-corrected chi connectivity index (χ3v) is 7.58. The molecule has 4 nitrogen and oxygen atoms in total. The summed E-state index contributed by atoms with van der Waals surface area (Å²) in [4.78, 5) is 11.2. The summed E-state index contributed by atoms with van der Waals surface area (Å²) in [5, 5.41) is 7.10. The molecule has 4 atom stereocenters. The van der Waals surface area contributed by atoms with Gasteiger partial charge in [-0.1, -0.05) is 24.3 Å². The van der Waals surface area contributed by atoms with Crippen LogP contribution in [0, 0.1) is 17.8 Å². The maximum Gasteiger partial charge on any atom is 0.305 e. The van der Waals surface area contributed by atoms with Crippen LogP contribution in [0.1, 0.15) is 44.9 Å². The van der Waals surface area contributed by atoms with Crippen LogP contribution in [0.3, 0.4) is 0 Å². The van der Waals surface area contributed by atoms with Crippen molar-refractivity contribution in [3.8, 4) is 5.75 Å². The van der Waals surface area contributed by atoms with Gasteiger partial charge in [-0.15, -0.1) is 11.3 Å². The summed E-state index contributed by atoms with van der Waals surface area (Å²) in [7, 11) is 1.45. The highest BCUT2D eigenvalue weighted by atomic mass is 32.1. The van der Waals surface area contributed by atoms with Gasteiger partial charge in [0.25, 0.3) is 0 Å². The number of carbonyl (C=O) groups is 1.